The van der Waals surface area contributed by atoms with Crippen LogP contribution in [0.2, 0.25) is 0 Å². The molecule has 3 aromatic heterocycles. The molecule has 0 aliphatic carbocycles. The van der Waals surface area contributed by atoms with Gasteiger partial charge >= 0.3 is 0 Å². The van der Waals surface area contributed by atoms with Crippen LogP contribution in [0.3, 0.4) is 0 Å². The van der Waals surface area contributed by atoms with Crippen molar-refractivity contribution in [3.05, 3.63) is 57.2 Å². The van der Waals surface area contributed by atoms with E-state index in [0.717, 1.165) is 34.9 Å². The van der Waals surface area contributed by atoms with Crippen LogP contribution in [-0.2, 0) is 13.1 Å². The second kappa shape index (κ2) is 7.14. The summed E-state index contributed by atoms with van der Waals surface area (Å²) in [7, 11) is 0. The van der Waals surface area contributed by atoms with E-state index in [0.29, 0.717) is 24.8 Å². The first-order valence-corrected chi connectivity index (χ1v) is 10.1. The van der Waals surface area contributed by atoms with E-state index in [9.17, 15) is 9.90 Å². The SMILES string of the molecule is Cc1sc2ncn(CC3(O)CCN(Cc4ccncc4)CC3)c(=O)c2c1C. The molecule has 1 aliphatic rings. The average molecular weight is 385 g/mol. The van der Waals surface area contributed by atoms with Gasteiger partial charge in [-0.2, -0.15) is 0 Å². The predicted octanol–water partition coefficient (Wildman–Crippen LogP) is 2.50. The molecule has 1 saturated heterocycles. The number of nitrogens with zero attached hydrogens (tertiary/aromatic N) is 4. The molecule has 0 atom stereocenters. The van der Waals surface area contributed by atoms with Crippen molar-refractivity contribution >= 4 is 21.6 Å². The van der Waals surface area contributed by atoms with E-state index in [1.807, 2.05) is 26.0 Å². The van der Waals surface area contributed by atoms with Crippen LogP contribution in [0.25, 0.3) is 10.2 Å². The zero-order valence-corrected chi connectivity index (χ0v) is 16.5. The van der Waals surface area contributed by atoms with E-state index in [4.69, 9.17) is 0 Å². The summed E-state index contributed by atoms with van der Waals surface area (Å²) in [6.07, 6.45) is 6.48. The summed E-state index contributed by atoms with van der Waals surface area (Å²) < 4.78 is 1.58. The number of piperidine rings is 1. The Kier molecular flexibility index (Phi) is 4.84. The van der Waals surface area contributed by atoms with Gasteiger partial charge in [-0.25, -0.2) is 4.98 Å². The van der Waals surface area contributed by atoms with Crippen molar-refractivity contribution in [2.75, 3.05) is 13.1 Å². The van der Waals surface area contributed by atoms with Gasteiger partial charge in [0, 0.05) is 36.9 Å². The predicted molar refractivity (Wildman–Crippen MR) is 107 cm³/mol. The summed E-state index contributed by atoms with van der Waals surface area (Å²) in [4.78, 5) is 25.6. The zero-order valence-electron chi connectivity index (χ0n) is 15.7. The van der Waals surface area contributed by atoms with Crippen LogP contribution in [0.15, 0.2) is 35.6 Å². The number of likely N-dealkylation sites (tertiary alicyclic amines) is 1. The van der Waals surface area contributed by atoms with Crippen molar-refractivity contribution in [2.24, 2.45) is 0 Å². The van der Waals surface area contributed by atoms with Gasteiger partial charge in [-0.05, 0) is 49.9 Å². The number of rotatable bonds is 4. The molecule has 0 amide bonds. The molecular formula is C20H24N4O2S. The molecule has 7 heteroatoms. The second-order valence-electron chi connectivity index (χ2n) is 7.50. The molecule has 0 bridgehead atoms. The molecule has 4 heterocycles. The van der Waals surface area contributed by atoms with Gasteiger partial charge in [0.1, 0.15) is 4.83 Å². The normalized spacial score (nSPS) is 17.4. The fourth-order valence-corrected chi connectivity index (χ4v) is 4.72. The van der Waals surface area contributed by atoms with Crippen molar-refractivity contribution in [1.82, 2.24) is 19.4 Å². The van der Waals surface area contributed by atoms with E-state index in [1.54, 1.807) is 34.6 Å². The first-order chi connectivity index (χ1) is 13.0. The Balaban J connectivity index is 1.47. The monoisotopic (exact) mass is 384 g/mol. The zero-order chi connectivity index (χ0) is 19.0. The Bertz CT molecular complexity index is 1000. The summed E-state index contributed by atoms with van der Waals surface area (Å²) in [5.74, 6) is 0. The van der Waals surface area contributed by atoms with E-state index < -0.39 is 5.60 Å². The lowest BCUT2D eigenvalue weighted by molar-refractivity contribution is -0.0364. The minimum atomic E-state index is -0.868. The Hall–Kier alpha value is -2.09. The molecule has 142 valence electrons. The van der Waals surface area contributed by atoms with E-state index >= 15 is 0 Å². The van der Waals surface area contributed by atoms with Crippen LogP contribution in [-0.4, -0.2) is 43.2 Å². The Labute approximate surface area is 162 Å². The third-order valence-electron chi connectivity index (χ3n) is 5.56. The van der Waals surface area contributed by atoms with Gasteiger partial charge in [0.25, 0.3) is 5.56 Å². The van der Waals surface area contributed by atoms with E-state index in [2.05, 4.69) is 14.9 Å². The molecule has 6 nitrogen and oxygen atoms in total. The summed E-state index contributed by atoms with van der Waals surface area (Å²) in [6, 6.07) is 4.04. The van der Waals surface area contributed by atoms with Gasteiger partial charge in [-0.3, -0.25) is 19.2 Å². The Morgan fingerprint density at radius 2 is 1.93 bits per heavy atom. The third kappa shape index (κ3) is 3.67. The lowest BCUT2D eigenvalue weighted by Gasteiger charge is -2.38. The summed E-state index contributed by atoms with van der Waals surface area (Å²) in [5.41, 5.74) is 1.31. The van der Waals surface area contributed by atoms with Crippen LogP contribution < -0.4 is 5.56 Å². The van der Waals surface area contributed by atoms with Crippen molar-refractivity contribution in [3.8, 4) is 0 Å². The molecule has 0 saturated carbocycles. The molecule has 27 heavy (non-hydrogen) atoms. The number of hydrogen-bond acceptors (Lipinski definition) is 6. The standard InChI is InChI=1S/C20H24N4O2S/c1-14-15(2)27-18-17(14)19(25)24(13-22-18)12-20(26)5-9-23(10-6-20)11-16-3-7-21-8-4-16/h3-4,7-8,13,26H,5-6,9-12H2,1-2H3. The van der Waals surface area contributed by atoms with Gasteiger partial charge in [0.15, 0.2) is 0 Å². The van der Waals surface area contributed by atoms with Gasteiger partial charge in [-0.15, -0.1) is 11.3 Å². The molecule has 1 N–H and O–H groups in total. The number of hydrogen-bond donors (Lipinski definition) is 1. The van der Waals surface area contributed by atoms with Crippen LogP contribution in [0.4, 0.5) is 0 Å². The van der Waals surface area contributed by atoms with Crippen molar-refractivity contribution < 1.29 is 5.11 Å². The maximum absolute atomic E-state index is 12.9. The lowest BCUT2D eigenvalue weighted by Crippen LogP contribution is -2.47. The van der Waals surface area contributed by atoms with E-state index in [1.165, 1.54) is 5.56 Å². The molecule has 0 radical (unpaired) electrons. The van der Waals surface area contributed by atoms with Crippen LogP contribution in [0.1, 0.15) is 28.8 Å². The fraction of sp³-hybridized carbons (Fsp3) is 0.450. The summed E-state index contributed by atoms with van der Waals surface area (Å²) in [6.45, 7) is 6.75. The van der Waals surface area contributed by atoms with Crippen molar-refractivity contribution in [2.45, 2.75) is 45.4 Å². The molecule has 0 unspecified atom stereocenters. The first-order valence-electron chi connectivity index (χ1n) is 9.24. The third-order valence-corrected chi connectivity index (χ3v) is 6.68. The Morgan fingerprint density at radius 1 is 1.22 bits per heavy atom. The lowest BCUT2D eigenvalue weighted by atomic mass is 9.91. The highest BCUT2D eigenvalue weighted by molar-refractivity contribution is 7.18. The number of fused-ring (bicyclic) bond motifs is 1. The highest BCUT2D eigenvalue weighted by Crippen LogP contribution is 2.27. The number of pyridine rings is 1. The van der Waals surface area contributed by atoms with Crippen LogP contribution in [0.5, 0.6) is 0 Å². The van der Waals surface area contributed by atoms with Crippen molar-refractivity contribution in [3.63, 3.8) is 0 Å². The van der Waals surface area contributed by atoms with Gasteiger partial charge in [-0.1, -0.05) is 0 Å². The number of thiophene rings is 1. The summed E-state index contributed by atoms with van der Waals surface area (Å²) >= 11 is 1.55. The molecule has 0 aromatic carbocycles. The maximum Gasteiger partial charge on any atom is 0.262 e. The Morgan fingerprint density at radius 3 is 2.63 bits per heavy atom. The topological polar surface area (TPSA) is 71.2 Å². The van der Waals surface area contributed by atoms with Crippen LogP contribution >= 0.6 is 11.3 Å². The van der Waals surface area contributed by atoms with E-state index in [-0.39, 0.29) is 5.56 Å². The quantitative estimate of drug-likeness (QED) is 0.748. The smallest absolute Gasteiger partial charge is 0.262 e. The largest absolute Gasteiger partial charge is 0.388 e. The fourth-order valence-electron chi connectivity index (χ4n) is 3.73. The van der Waals surface area contributed by atoms with Crippen molar-refractivity contribution in [1.29, 1.82) is 0 Å². The summed E-state index contributed by atoms with van der Waals surface area (Å²) in [5, 5.41) is 11.8. The minimum Gasteiger partial charge on any atom is -0.388 e. The van der Waals surface area contributed by atoms with Gasteiger partial charge < -0.3 is 5.11 Å². The van der Waals surface area contributed by atoms with Crippen LogP contribution in [0, 0.1) is 13.8 Å². The molecule has 4 rings (SSSR count). The highest BCUT2D eigenvalue weighted by Gasteiger charge is 2.33. The number of aliphatic hydroxyl groups is 1. The van der Waals surface area contributed by atoms with Gasteiger partial charge in [0.2, 0.25) is 0 Å². The maximum atomic E-state index is 12.9. The molecule has 1 aliphatic heterocycles. The highest BCUT2D eigenvalue weighted by atomic mass is 32.1. The first kappa shape index (κ1) is 18.3. The molecular weight excluding hydrogens is 360 g/mol. The minimum absolute atomic E-state index is 0.0468. The number of aromatic nitrogens is 3. The second-order valence-corrected chi connectivity index (χ2v) is 8.70. The van der Waals surface area contributed by atoms with Gasteiger partial charge in [0.05, 0.1) is 23.9 Å². The molecule has 0 spiro atoms. The average Bonchev–Trinajstić information content (AvgIpc) is 2.95. The molecule has 1 fully saturated rings. The number of aryl methyl sites for hydroxylation is 2. The molecule has 3 aromatic rings.